The van der Waals surface area contributed by atoms with E-state index in [-0.39, 0.29) is 13.0 Å². The number of aliphatic hydroxyl groups is 1. The van der Waals surface area contributed by atoms with Crippen molar-refractivity contribution in [1.29, 1.82) is 0 Å². The lowest BCUT2D eigenvalue weighted by Gasteiger charge is -2.42. The number of likely N-dealkylation sites (tertiary alicyclic amines) is 1. The summed E-state index contributed by atoms with van der Waals surface area (Å²) < 4.78 is 104. The Balaban J connectivity index is 1.05. The van der Waals surface area contributed by atoms with Gasteiger partial charge in [0.1, 0.15) is 17.9 Å². The number of amides is 4. The Morgan fingerprint density at radius 3 is 1.86 bits per heavy atom. The molecule has 1 saturated carbocycles. The van der Waals surface area contributed by atoms with Crippen LogP contribution in [0.5, 0.6) is 0 Å². The molecule has 2 aromatic heterocycles. The van der Waals surface area contributed by atoms with Gasteiger partial charge in [-0.1, -0.05) is 48.2 Å². The summed E-state index contributed by atoms with van der Waals surface area (Å²) in [5, 5.41) is 24.3. The Hall–Kier alpha value is -6.94. The molecule has 0 spiro atoms. The van der Waals surface area contributed by atoms with Crippen LogP contribution < -0.4 is 26.3 Å². The van der Waals surface area contributed by atoms with Crippen LogP contribution in [-0.2, 0) is 36.8 Å². The first-order chi connectivity index (χ1) is 36.8. The van der Waals surface area contributed by atoms with Gasteiger partial charge in [0, 0.05) is 67.3 Å². The first kappa shape index (κ1) is 57.2. The number of anilines is 1. The van der Waals surface area contributed by atoms with E-state index in [1.54, 1.807) is 54.7 Å². The number of alkyl halides is 6. The van der Waals surface area contributed by atoms with E-state index < -0.39 is 78.0 Å². The van der Waals surface area contributed by atoms with Gasteiger partial charge in [-0.15, -0.1) is 0 Å². The number of pyridine rings is 1. The maximum atomic E-state index is 14.6. The van der Waals surface area contributed by atoms with Crippen LogP contribution in [0.3, 0.4) is 0 Å². The smallest absolute Gasteiger partial charge is 0.407 e. The van der Waals surface area contributed by atoms with Crippen molar-refractivity contribution in [2.24, 2.45) is 10.8 Å². The minimum Gasteiger partial charge on any atom is -0.453 e. The molecule has 6 atom stereocenters. The highest BCUT2D eigenvalue weighted by molar-refractivity contribution is 5.87. The SMILES string of the molecule is COC(=O)N[C@H](C(=O)N[C@@H](Cc1ccc(C#Cc2ccc(N3C[C@@H]4C[C@H]3CN4C3COC3)nc2)cc1)[C@@H](O)CN(Cc1ccc(-c2ccn(C3CC3)n2)cc1)NC(=O)[C@@H](NC(=O)OC)C(C)(C)C(F)(F)F)C(C)(C)C(F)(F)F. The van der Waals surface area contributed by atoms with Crippen LogP contribution in [0, 0.1) is 22.7 Å². The van der Waals surface area contributed by atoms with Crippen LogP contribution in [-0.4, -0.2) is 156 Å². The molecule has 5 N–H and O–H groups in total. The zero-order chi connectivity index (χ0) is 56.3. The van der Waals surface area contributed by atoms with Gasteiger partial charge in [0.15, 0.2) is 0 Å². The summed E-state index contributed by atoms with van der Waals surface area (Å²) in [4.78, 5) is 62.6. The topological polar surface area (TPSA) is 205 Å². The number of hydrogen-bond donors (Lipinski definition) is 5. The molecular formula is C54H64F6N10O8. The predicted molar refractivity (Wildman–Crippen MR) is 272 cm³/mol. The van der Waals surface area contributed by atoms with E-state index in [1.165, 1.54) is 0 Å². The highest BCUT2D eigenvalue weighted by Gasteiger charge is 2.57. The monoisotopic (exact) mass is 1090 g/mol. The number of benzene rings is 2. The van der Waals surface area contributed by atoms with Crippen LogP contribution in [0.2, 0.25) is 0 Å². The van der Waals surface area contributed by atoms with E-state index in [9.17, 15) is 50.6 Å². The number of ether oxygens (including phenoxy) is 3. The molecule has 4 fully saturated rings. The van der Waals surface area contributed by atoms with Gasteiger partial charge >= 0.3 is 24.5 Å². The van der Waals surface area contributed by atoms with E-state index in [2.05, 4.69) is 47.0 Å². The predicted octanol–water partition coefficient (Wildman–Crippen LogP) is 5.89. The molecule has 1 aliphatic carbocycles. The summed E-state index contributed by atoms with van der Waals surface area (Å²) in [6.07, 6.45) is -8.24. The summed E-state index contributed by atoms with van der Waals surface area (Å²) in [6, 6.07) is 14.6. The standard InChI is InChI=1S/C54H64F6N10O8/c1-51(2,53(55,56)57)45(63-49(74)76-5)47(72)62-42(23-33-10-7-32(8-11-33)9-12-34-15-20-44(61-25-34)69-28-38-24-39(69)27-68(38)40-30-78-31-40)43(71)29-67(66-48(73)46(64-50(75)77-6)52(3,4)54(58,59)60)26-35-13-16-36(17-14-35)41-21-22-70(65-41)37-18-19-37/h7-8,10-11,13-17,20-22,25,37-40,42-43,45-46,71H,18-19,23-24,26-31H2,1-6H3,(H,62,72)(H,63,74)(H,64,75)(H,66,73)/t38-,39-,42-,43-,45+,46+/m0/s1. The fourth-order valence-corrected chi connectivity index (χ4v) is 9.73. The number of halogens is 6. The van der Waals surface area contributed by atoms with Gasteiger partial charge in [0.05, 0.1) is 68.2 Å². The van der Waals surface area contributed by atoms with Crippen molar-refractivity contribution in [1.82, 2.24) is 46.0 Å². The molecule has 0 radical (unpaired) electrons. The second kappa shape index (κ2) is 23.2. The molecule has 3 saturated heterocycles. The van der Waals surface area contributed by atoms with E-state index in [1.807, 2.05) is 39.7 Å². The number of fused-ring (bicyclic) bond motifs is 2. The second-order valence-electron chi connectivity index (χ2n) is 21.4. The molecule has 2 aromatic carbocycles. The lowest BCUT2D eigenvalue weighted by atomic mass is 9.82. The van der Waals surface area contributed by atoms with Crippen LogP contribution in [0.1, 0.15) is 75.3 Å². The Bertz CT molecular complexity index is 2830. The maximum absolute atomic E-state index is 14.6. The minimum absolute atomic E-state index is 0.272. The average molecular weight is 1100 g/mol. The molecule has 18 nitrogen and oxygen atoms in total. The number of carbonyl (C=O) groups excluding carboxylic acids is 4. The van der Waals surface area contributed by atoms with Crippen molar-refractivity contribution in [2.45, 2.75) is 121 Å². The molecule has 5 heterocycles. The Morgan fingerprint density at radius 2 is 1.33 bits per heavy atom. The number of aromatic nitrogens is 3. The summed E-state index contributed by atoms with van der Waals surface area (Å²) in [5.74, 6) is 4.32. The van der Waals surface area contributed by atoms with Crippen molar-refractivity contribution in [3.63, 3.8) is 0 Å². The molecule has 2 bridgehead atoms. The normalized spacial score (nSPS) is 19.4. The zero-order valence-corrected chi connectivity index (χ0v) is 44.0. The number of carbonyl (C=O) groups is 4. The number of hydrogen-bond acceptors (Lipinski definition) is 13. The van der Waals surface area contributed by atoms with Crippen molar-refractivity contribution in [2.75, 3.05) is 52.0 Å². The summed E-state index contributed by atoms with van der Waals surface area (Å²) in [7, 11) is 1.80. The lowest BCUT2D eigenvalue weighted by Crippen LogP contribution is -2.63. The number of aliphatic hydroxyl groups excluding tert-OH is 1. The molecule has 8 rings (SSSR count). The highest BCUT2D eigenvalue weighted by Crippen LogP contribution is 2.42. The van der Waals surface area contributed by atoms with Gasteiger partial charge < -0.3 is 40.2 Å². The number of methoxy groups -OCH3 is 2. The molecule has 24 heteroatoms. The fraction of sp³-hybridized carbons (Fsp3) is 0.519. The molecule has 3 aliphatic heterocycles. The first-order valence-electron chi connectivity index (χ1n) is 25.5. The summed E-state index contributed by atoms with van der Waals surface area (Å²) >= 11 is 0. The van der Waals surface area contributed by atoms with Gasteiger partial charge in [-0.25, -0.2) is 19.6 Å². The Morgan fingerprint density at radius 1 is 0.744 bits per heavy atom. The molecule has 420 valence electrons. The number of piperazine rings is 1. The second-order valence-corrected chi connectivity index (χ2v) is 21.4. The minimum atomic E-state index is -5.06. The van der Waals surface area contributed by atoms with E-state index in [4.69, 9.17) is 9.72 Å². The Kier molecular flexibility index (Phi) is 17.0. The maximum Gasteiger partial charge on any atom is 0.407 e. The van der Waals surface area contributed by atoms with Gasteiger partial charge in [0.25, 0.3) is 5.91 Å². The van der Waals surface area contributed by atoms with Crippen LogP contribution in [0.4, 0.5) is 41.7 Å². The van der Waals surface area contributed by atoms with Crippen molar-refractivity contribution >= 4 is 29.8 Å². The average Bonchev–Trinajstić information content (AvgIpc) is 3.93. The molecule has 0 unspecified atom stereocenters. The molecule has 78 heavy (non-hydrogen) atoms. The molecule has 4 aliphatic rings. The van der Waals surface area contributed by atoms with Crippen LogP contribution in [0.25, 0.3) is 11.3 Å². The highest BCUT2D eigenvalue weighted by atomic mass is 19.4. The fourth-order valence-electron chi connectivity index (χ4n) is 9.73. The van der Waals surface area contributed by atoms with Gasteiger partial charge in [-0.3, -0.25) is 24.6 Å². The third-order valence-corrected chi connectivity index (χ3v) is 15.1. The molecule has 4 amide bonds. The van der Waals surface area contributed by atoms with Gasteiger partial charge in [-0.2, -0.15) is 31.4 Å². The third kappa shape index (κ3) is 13.1. The van der Waals surface area contributed by atoms with Crippen LogP contribution in [0.15, 0.2) is 79.1 Å². The van der Waals surface area contributed by atoms with E-state index in [0.29, 0.717) is 79.8 Å². The lowest BCUT2D eigenvalue weighted by molar-refractivity contribution is -0.221. The van der Waals surface area contributed by atoms with E-state index >= 15 is 0 Å². The number of nitrogens with one attached hydrogen (secondary N) is 4. The van der Waals surface area contributed by atoms with Crippen molar-refractivity contribution in [3.8, 4) is 23.1 Å². The summed E-state index contributed by atoms with van der Waals surface area (Å²) in [5.41, 5.74) is 0.108. The molecular weight excluding hydrogens is 1030 g/mol. The van der Waals surface area contributed by atoms with Crippen molar-refractivity contribution in [3.05, 3.63) is 101 Å². The number of hydrazine groups is 1. The largest absolute Gasteiger partial charge is 0.453 e. The zero-order valence-electron chi connectivity index (χ0n) is 44.0. The number of rotatable bonds is 19. The Labute approximate surface area is 447 Å². The third-order valence-electron chi connectivity index (χ3n) is 15.1. The quantitative estimate of drug-likeness (QED) is 0.0423. The van der Waals surface area contributed by atoms with Gasteiger partial charge in [0.2, 0.25) is 5.91 Å². The van der Waals surface area contributed by atoms with Crippen LogP contribution >= 0.6 is 0 Å². The van der Waals surface area contributed by atoms with Gasteiger partial charge in [-0.05, 0) is 94.8 Å². The van der Waals surface area contributed by atoms with Crippen molar-refractivity contribution < 1.29 is 64.8 Å². The number of nitrogens with zero attached hydrogens (tertiary/aromatic N) is 6. The number of alkyl carbamates (subject to hydrolysis) is 2. The summed E-state index contributed by atoms with van der Waals surface area (Å²) in [6.45, 7) is 5.23. The first-order valence-corrected chi connectivity index (χ1v) is 25.5. The van der Waals surface area contributed by atoms with E-state index in [0.717, 1.165) is 76.2 Å². The molecule has 4 aromatic rings.